The fourth-order valence-corrected chi connectivity index (χ4v) is 24.4. The standard InChI is InChI=1S/6C12H27O4Si.6C4H8O.2Ce.2ClH/c6*1-10(2,3)14-17(13,15-11(4,5)6)16-12(7,8)9;6*1-2-4-5-3-1;;;;/h6*1-9H3;6*1-4H2;;;2*1H/q6*-1;;;;;;;2*+4;;/p-2. The first kappa shape index (κ1) is 159. The van der Waals surface area contributed by atoms with Crippen molar-refractivity contribution in [2.45, 2.75) is 552 Å². The van der Waals surface area contributed by atoms with Crippen LogP contribution >= 0.6 is 0 Å². The molecule has 0 aromatic rings. The van der Waals surface area contributed by atoms with Crippen molar-refractivity contribution >= 4 is 54.3 Å². The van der Waals surface area contributed by atoms with E-state index in [1.165, 1.54) is 77.0 Å². The minimum Gasteiger partial charge on any atom is -1.00 e. The summed E-state index contributed by atoms with van der Waals surface area (Å²) in [6, 6.07) is 0. The molecule has 0 amide bonds. The molecule has 136 heavy (non-hydrogen) atoms. The summed E-state index contributed by atoms with van der Waals surface area (Å²) in [5.41, 5.74) is -10.4. The Morgan fingerprint density at radius 3 is 0.191 bits per heavy atom. The van der Waals surface area contributed by atoms with Crippen LogP contribution in [0.15, 0.2) is 0 Å². The van der Waals surface area contributed by atoms with Gasteiger partial charge in [-0.1, -0.05) is 0 Å². The predicted molar refractivity (Wildman–Crippen MR) is 530 cm³/mol. The first-order chi connectivity index (χ1) is 57.7. The largest absolute Gasteiger partial charge is 4.00 e. The van der Waals surface area contributed by atoms with Crippen LogP contribution in [0.25, 0.3) is 0 Å². The van der Waals surface area contributed by atoms with E-state index in [-0.39, 0.29) is 108 Å². The molecule has 0 aromatic carbocycles. The summed E-state index contributed by atoms with van der Waals surface area (Å²) in [4.78, 5) is 75.7. The Bertz CT molecular complexity index is 2080. The van der Waals surface area contributed by atoms with Gasteiger partial charge in [0.15, 0.2) is 0 Å². The molecule has 0 atom stereocenters. The smallest absolute Gasteiger partial charge is 1.00 e. The van der Waals surface area contributed by atoms with Crippen LogP contribution in [-0.2, 0) is 108 Å². The van der Waals surface area contributed by atoms with Crippen LogP contribution in [0, 0.1) is 83.5 Å². The molecule has 820 valence electrons. The average molecular weight is 2360 g/mol. The Balaban J connectivity index is -0.000000163. The van der Waals surface area contributed by atoms with E-state index in [9.17, 15) is 28.8 Å². The van der Waals surface area contributed by atoms with Gasteiger partial charge in [-0.25, -0.2) is 0 Å². The third-order valence-corrected chi connectivity index (χ3v) is 28.2. The number of hydrogen-bond acceptors (Lipinski definition) is 30. The van der Waals surface area contributed by atoms with Crippen molar-refractivity contribution in [2.75, 3.05) is 79.3 Å². The minimum absolute atomic E-state index is 0. The Morgan fingerprint density at radius 2 is 0.169 bits per heavy atom. The Kier molecular flexibility index (Phi) is 80.3. The van der Waals surface area contributed by atoms with Gasteiger partial charge in [0.25, 0.3) is 0 Å². The second-order valence-corrected chi connectivity index (χ2v) is 60.5. The summed E-state index contributed by atoms with van der Waals surface area (Å²) in [5.74, 6) is 0. The summed E-state index contributed by atoms with van der Waals surface area (Å²) < 4.78 is 129. The van der Waals surface area contributed by atoms with Gasteiger partial charge in [0.2, 0.25) is 0 Å². The molecule has 6 heterocycles. The van der Waals surface area contributed by atoms with Crippen molar-refractivity contribution in [3.05, 3.63) is 0 Å². The molecule has 0 spiro atoms. The maximum absolute atomic E-state index is 12.6. The molecule has 0 N–H and O–H groups in total. The van der Waals surface area contributed by atoms with Crippen LogP contribution in [0.3, 0.4) is 0 Å². The van der Waals surface area contributed by atoms with Gasteiger partial charge in [0, 0.05) is 79.3 Å². The molecule has 0 bridgehead atoms. The summed E-state index contributed by atoms with van der Waals surface area (Å²) in [6.07, 6.45) is 15.3. The summed E-state index contributed by atoms with van der Waals surface area (Å²) in [5, 5.41) is 0. The fourth-order valence-electron chi connectivity index (χ4n) is 10.2. The third-order valence-electron chi connectivity index (χ3n) is 12.7. The van der Waals surface area contributed by atoms with Gasteiger partial charge >= 0.3 is 138 Å². The molecule has 0 unspecified atom stereocenters. The van der Waals surface area contributed by atoms with Crippen molar-refractivity contribution in [3.8, 4) is 0 Å². The van der Waals surface area contributed by atoms with Crippen LogP contribution < -0.4 is 53.6 Å². The second-order valence-electron chi connectivity index (χ2n) is 50.8. The Morgan fingerprint density at radius 1 is 0.125 bits per heavy atom. The molecule has 0 aromatic heterocycles. The van der Waals surface area contributed by atoms with Gasteiger partial charge in [-0.05, 0) is 451 Å². The normalized spacial score (nSPS) is 16.7. The molecule has 6 aliphatic rings. The Hall–Kier alpha value is 3.43. The molecule has 40 heteroatoms. The first-order valence-corrected chi connectivity index (χ1v) is 57.8. The number of hydrogen-bond donors (Lipinski definition) is 0. The van der Waals surface area contributed by atoms with Gasteiger partial charge in [-0.3, -0.25) is 0 Å². The van der Waals surface area contributed by atoms with E-state index in [0.29, 0.717) is 0 Å². The van der Waals surface area contributed by atoms with Gasteiger partial charge in [-0.15, -0.1) is 0 Å². The quantitative estimate of drug-likeness (QED) is 0.115. The van der Waals surface area contributed by atoms with Crippen molar-refractivity contribution in [1.29, 1.82) is 0 Å². The van der Waals surface area contributed by atoms with E-state index >= 15 is 0 Å². The number of ether oxygens (including phenoxy) is 6. The van der Waals surface area contributed by atoms with E-state index in [2.05, 4.69) is 0 Å². The summed E-state index contributed by atoms with van der Waals surface area (Å²) in [7, 11) is -23.4. The number of halogens is 2. The van der Waals surface area contributed by atoms with Gasteiger partial charge in [0.1, 0.15) is 0 Å². The molecule has 0 aliphatic carbocycles. The van der Waals surface area contributed by atoms with E-state index in [0.717, 1.165) is 79.3 Å². The van der Waals surface area contributed by atoms with E-state index in [4.69, 9.17) is 108 Å². The molecular weight excluding hydrogens is 2150 g/mol. The van der Waals surface area contributed by atoms with Crippen molar-refractivity contribution in [3.63, 3.8) is 0 Å². The van der Waals surface area contributed by atoms with Crippen LogP contribution in [0.4, 0.5) is 0 Å². The SMILES string of the molecule is C1CCOC1.C1CCOC1.C1CCOC1.C1CCOC1.C1CCOC1.C1CCOC1.CC(C)(C)O[Si]([O-])(OC(C)(C)C)OC(C)(C)C.CC(C)(C)O[Si]([O-])(OC(C)(C)C)OC(C)(C)C.CC(C)(C)O[Si]([O-])(OC(C)(C)C)OC(C)(C)C.CC(C)(C)O[Si]([O-])(OC(C)(C)C)OC(C)(C)C.CC(C)(C)O[Si]([O-])(OC(C)(C)C)OC(C)(C)C.CC(C)(C)O[Si]([O-])(OC(C)(C)C)OC(C)(C)C.[Ce+4].[Ce+4].[Cl-].[Cl-]. The second kappa shape index (κ2) is 68.5. The molecule has 0 radical (unpaired) electrons. The zero-order valence-corrected chi connectivity index (χ0v) is 111. The van der Waals surface area contributed by atoms with E-state index in [1.54, 1.807) is 0 Å². The molecule has 30 nitrogen and oxygen atoms in total. The van der Waals surface area contributed by atoms with Crippen molar-refractivity contribution in [2.24, 2.45) is 0 Å². The topological polar surface area (TPSA) is 360 Å². The predicted octanol–water partition coefficient (Wildman–Crippen LogP) is 12.2. The first-order valence-electron chi connectivity index (χ1n) is 48.0. The molecule has 6 fully saturated rings. The van der Waals surface area contributed by atoms with Crippen LogP contribution in [-0.4, -0.2) is 234 Å². The molecule has 6 rings (SSSR count). The zero-order chi connectivity index (χ0) is 106. The monoisotopic (exact) mass is 2360 g/mol. The van der Waals surface area contributed by atoms with E-state index in [1.807, 2.05) is 374 Å². The maximum Gasteiger partial charge on any atom is 4.00 e. The van der Waals surface area contributed by atoms with Crippen molar-refractivity contribution < 1.29 is 245 Å². The van der Waals surface area contributed by atoms with Gasteiger partial charge < -0.3 is 162 Å². The van der Waals surface area contributed by atoms with Crippen LogP contribution in [0.2, 0.25) is 0 Å². The zero-order valence-electron chi connectivity index (χ0n) is 97.0. The Labute approximate surface area is 921 Å². The van der Waals surface area contributed by atoms with Crippen LogP contribution in [0.1, 0.15) is 451 Å². The van der Waals surface area contributed by atoms with Gasteiger partial charge in [-0.2, -0.15) is 0 Å². The van der Waals surface area contributed by atoms with Crippen molar-refractivity contribution in [1.82, 2.24) is 0 Å². The van der Waals surface area contributed by atoms with Crippen LogP contribution in [0.5, 0.6) is 0 Å². The molecule has 0 saturated carbocycles. The van der Waals surface area contributed by atoms with E-state index < -0.39 is 155 Å². The third kappa shape index (κ3) is 128. The molecule has 6 saturated heterocycles. The molecular formula is C96H210Ce2Cl2O30Si6. The minimum atomic E-state index is -3.91. The maximum atomic E-state index is 12.6. The summed E-state index contributed by atoms with van der Waals surface area (Å²) >= 11 is 0. The number of rotatable bonds is 18. The fraction of sp³-hybridized carbons (Fsp3) is 1.00. The summed E-state index contributed by atoms with van der Waals surface area (Å²) in [6.45, 7) is 111. The average Bonchev–Trinajstić information content (AvgIpc) is 1.07. The van der Waals surface area contributed by atoms with Gasteiger partial charge in [0.05, 0.1) is 101 Å². The molecule has 6 aliphatic heterocycles.